The van der Waals surface area contributed by atoms with Crippen LogP contribution in [0.3, 0.4) is 0 Å². The zero-order valence-electron chi connectivity index (χ0n) is 24.1. The molecule has 0 spiro atoms. The van der Waals surface area contributed by atoms with Gasteiger partial charge in [-0.05, 0) is 0 Å². The van der Waals surface area contributed by atoms with Gasteiger partial charge in [-0.15, -0.1) is 24.8 Å². The van der Waals surface area contributed by atoms with Crippen molar-refractivity contribution in [2.24, 2.45) is 0 Å². The molecule has 1 unspecified atom stereocenters. The molecule has 3 aromatic rings. The van der Waals surface area contributed by atoms with Crippen LogP contribution in [0.1, 0.15) is 52.8 Å². The molecule has 39 heavy (non-hydrogen) atoms. The number of para-hydroxylation sites is 1. The number of ether oxygens (including phenoxy) is 1. The fraction of sp³-hybridized carbons (Fsp3) is 0.344. The van der Waals surface area contributed by atoms with Crippen molar-refractivity contribution in [2.45, 2.75) is 61.5 Å². The SMILES string of the molecule is CC(=O)C(C)Oc1ccccc1[CH]=[Ru]=[C]1N(c2c(C)cc(C)cc2C)CCN1c1c(C)cc(C)cc1C.Cl.Cl. The van der Waals surface area contributed by atoms with Crippen LogP contribution < -0.4 is 14.5 Å². The van der Waals surface area contributed by atoms with Gasteiger partial charge in [-0.1, -0.05) is 0 Å². The molecule has 1 fully saturated rings. The van der Waals surface area contributed by atoms with Gasteiger partial charge in [-0.2, -0.15) is 0 Å². The summed E-state index contributed by atoms with van der Waals surface area (Å²) in [5.74, 6) is 0.794. The molecule has 0 saturated carbocycles. The van der Waals surface area contributed by atoms with Crippen LogP contribution in [-0.2, 0) is 21.0 Å². The summed E-state index contributed by atoms with van der Waals surface area (Å²) >= 11 is -0.303. The van der Waals surface area contributed by atoms with Crippen molar-refractivity contribution >= 4 is 50.9 Å². The third-order valence-electron chi connectivity index (χ3n) is 6.84. The number of hydrogen-bond donors (Lipinski definition) is 0. The Morgan fingerprint density at radius 1 is 0.821 bits per heavy atom. The monoisotopic (exact) mass is 656 g/mol. The second-order valence-electron chi connectivity index (χ2n) is 10.2. The van der Waals surface area contributed by atoms with Crippen LogP contribution in [0.2, 0.25) is 0 Å². The van der Waals surface area contributed by atoms with Crippen molar-refractivity contribution in [2.75, 3.05) is 22.9 Å². The van der Waals surface area contributed by atoms with E-state index < -0.39 is 6.10 Å². The van der Waals surface area contributed by atoms with Crippen LogP contribution in [0.4, 0.5) is 11.4 Å². The summed E-state index contributed by atoms with van der Waals surface area (Å²) in [7, 11) is 0. The number of benzene rings is 3. The van der Waals surface area contributed by atoms with Crippen LogP contribution in [0.25, 0.3) is 0 Å². The molecule has 0 aliphatic carbocycles. The minimum Gasteiger partial charge on any atom is -0.147 e. The molecule has 212 valence electrons. The van der Waals surface area contributed by atoms with E-state index in [1.165, 1.54) is 49.1 Å². The zero-order valence-corrected chi connectivity index (χ0v) is 27.4. The van der Waals surface area contributed by atoms with Crippen LogP contribution in [0.15, 0.2) is 48.5 Å². The number of halogens is 2. The second kappa shape index (κ2) is 13.8. The number of nitrogens with zero attached hydrogens (tertiary/aromatic N) is 2. The Balaban J connectivity index is 0.00000267. The van der Waals surface area contributed by atoms with E-state index in [0.717, 1.165) is 24.4 Å². The molecule has 1 atom stereocenters. The molecule has 3 aromatic carbocycles. The van der Waals surface area contributed by atoms with Gasteiger partial charge in [0.15, 0.2) is 0 Å². The van der Waals surface area contributed by atoms with Gasteiger partial charge in [0.25, 0.3) is 0 Å². The van der Waals surface area contributed by atoms with Gasteiger partial charge in [0.05, 0.1) is 0 Å². The van der Waals surface area contributed by atoms with Crippen LogP contribution in [-0.4, -0.2) is 33.9 Å². The Morgan fingerprint density at radius 2 is 1.26 bits per heavy atom. The van der Waals surface area contributed by atoms with Gasteiger partial charge in [0.1, 0.15) is 0 Å². The number of hydrogen-bond acceptors (Lipinski definition) is 4. The number of anilines is 2. The average molecular weight is 657 g/mol. The number of aryl methyl sites for hydroxylation is 6. The summed E-state index contributed by atoms with van der Waals surface area (Å²) in [5.41, 5.74) is 11.5. The first-order valence-electron chi connectivity index (χ1n) is 12.8. The zero-order chi connectivity index (χ0) is 26.9. The smallest absolute Gasteiger partial charge is 0.147 e. The van der Waals surface area contributed by atoms with E-state index in [9.17, 15) is 4.79 Å². The second-order valence-corrected chi connectivity index (χ2v) is 11.9. The minimum absolute atomic E-state index is 0. The van der Waals surface area contributed by atoms with Gasteiger partial charge in [0.2, 0.25) is 0 Å². The largest absolute Gasteiger partial charge is 0.147 e. The van der Waals surface area contributed by atoms with Gasteiger partial charge in [0, 0.05) is 0 Å². The van der Waals surface area contributed by atoms with Crippen LogP contribution in [0.5, 0.6) is 5.75 Å². The molecule has 0 aromatic heterocycles. The molecule has 0 amide bonds. The summed E-state index contributed by atoms with van der Waals surface area (Å²) in [6.45, 7) is 18.5. The van der Waals surface area contributed by atoms with Crippen LogP contribution in [0, 0.1) is 41.5 Å². The Labute approximate surface area is 253 Å². The fourth-order valence-electron chi connectivity index (χ4n) is 5.28. The Bertz CT molecular complexity index is 1320. The summed E-state index contributed by atoms with van der Waals surface area (Å²) in [4.78, 5) is 16.9. The maximum atomic E-state index is 11.9. The first-order valence-corrected chi connectivity index (χ1v) is 14.7. The average Bonchev–Trinajstić information content (AvgIpc) is 3.20. The summed E-state index contributed by atoms with van der Waals surface area (Å²) in [5, 5.41) is 0. The first-order chi connectivity index (χ1) is 17.6. The third kappa shape index (κ3) is 7.25. The van der Waals surface area contributed by atoms with E-state index in [1.807, 2.05) is 25.1 Å². The Kier molecular flexibility index (Phi) is 11.7. The molecule has 7 heteroatoms. The van der Waals surface area contributed by atoms with Crippen molar-refractivity contribution in [3.05, 3.63) is 87.5 Å². The minimum atomic E-state index is -0.465. The third-order valence-corrected chi connectivity index (χ3v) is 9.02. The van der Waals surface area contributed by atoms with E-state index in [0.29, 0.717) is 0 Å². The van der Waals surface area contributed by atoms with E-state index in [2.05, 4.69) is 86.3 Å². The molecule has 0 bridgehead atoms. The van der Waals surface area contributed by atoms with Crippen molar-refractivity contribution in [3.63, 3.8) is 0 Å². The number of ketones is 1. The molecule has 1 aliphatic heterocycles. The number of rotatable bonds is 6. The van der Waals surface area contributed by atoms with Gasteiger partial charge >= 0.3 is 229 Å². The van der Waals surface area contributed by atoms with Crippen molar-refractivity contribution < 1.29 is 25.8 Å². The standard InChI is InChI=1S/C21H26N2.C11H12O2.2ClH.Ru/c1-14-9-16(3)20(17(4)10-14)22-7-8-23(13-22)21-18(5)11-15(2)12-19(21)6;1-8-6-4-5-7-11(8)13-10(3)9(2)12;;;/h9-12H,7-8H2,1-6H3;1,4-7,10H,2-3H3;2*1H;. The predicted octanol–water partition coefficient (Wildman–Crippen LogP) is 7.08. The van der Waals surface area contributed by atoms with Crippen molar-refractivity contribution in [3.8, 4) is 5.75 Å². The molecular weight excluding hydrogens is 616 g/mol. The first kappa shape index (κ1) is 32.9. The fourth-order valence-corrected chi connectivity index (χ4v) is 7.51. The topological polar surface area (TPSA) is 32.8 Å². The molecule has 4 nitrogen and oxygen atoms in total. The van der Waals surface area contributed by atoms with Gasteiger partial charge in [-0.3, -0.25) is 0 Å². The summed E-state index contributed by atoms with van der Waals surface area (Å²) in [6, 6.07) is 17.2. The quantitative estimate of drug-likeness (QED) is 0.266. The van der Waals surface area contributed by atoms with E-state index in [1.54, 1.807) is 6.92 Å². The van der Waals surface area contributed by atoms with E-state index in [-0.39, 0.29) is 46.8 Å². The number of Topliss-reactive ketones (excluding diaryl/α,β-unsaturated/α-hetero) is 1. The number of carbonyl (C=O) groups excluding carboxylic acids is 1. The van der Waals surface area contributed by atoms with E-state index in [4.69, 9.17) is 4.74 Å². The molecule has 1 aliphatic rings. The van der Waals surface area contributed by atoms with Crippen molar-refractivity contribution in [1.29, 1.82) is 0 Å². The van der Waals surface area contributed by atoms with E-state index >= 15 is 0 Å². The maximum Gasteiger partial charge on any atom is -0.147 e. The van der Waals surface area contributed by atoms with Crippen molar-refractivity contribution in [1.82, 2.24) is 0 Å². The normalized spacial score (nSPS) is 13.5. The Morgan fingerprint density at radius 3 is 1.69 bits per heavy atom. The molecule has 4 rings (SSSR count). The van der Waals surface area contributed by atoms with Gasteiger partial charge in [-0.25, -0.2) is 0 Å². The predicted molar refractivity (Wildman–Crippen MR) is 168 cm³/mol. The molecule has 0 radical (unpaired) electrons. The molecule has 1 heterocycles. The number of carbonyl (C=O) groups is 1. The summed E-state index contributed by atoms with van der Waals surface area (Å²) in [6.07, 6.45) is -0.465. The molecule has 1 saturated heterocycles. The Hall–Kier alpha value is -2.33. The van der Waals surface area contributed by atoms with Crippen LogP contribution >= 0.6 is 24.8 Å². The summed E-state index contributed by atoms with van der Waals surface area (Å²) < 4.78 is 9.73. The van der Waals surface area contributed by atoms with Gasteiger partial charge < -0.3 is 0 Å². The maximum absolute atomic E-state index is 11.9. The molecule has 0 N–H and O–H groups in total. The molecular formula is C32H40Cl2N2O2Ru.